The van der Waals surface area contributed by atoms with Gasteiger partial charge in [0.1, 0.15) is 0 Å². The number of aromatic hydroxyl groups is 1. The molecule has 0 saturated carbocycles. The molecular weight excluding hydrogens is 280 g/mol. The maximum absolute atomic E-state index is 11.5. The van der Waals surface area contributed by atoms with E-state index in [4.69, 9.17) is 0 Å². The molecule has 0 bridgehead atoms. The number of amides is 1. The number of halogens is 1. The molecule has 0 radical (unpaired) electrons. The molecule has 1 fully saturated rings. The van der Waals surface area contributed by atoms with Crippen LogP contribution in [0.25, 0.3) is 0 Å². The molecule has 4 nitrogen and oxygen atoms in total. The molecule has 15 heavy (non-hydrogen) atoms. The van der Waals surface area contributed by atoms with Gasteiger partial charge in [0.25, 0.3) is 0 Å². The van der Waals surface area contributed by atoms with Crippen molar-refractivity contribution >= 4 is 40.3 Å². The van der Waals surface area contributed by atoms with E-state index in [1.165, 1.54) is 11.0 Å². The molecular formula is C9H9BrN2O2S. The summed E-state index contributed by atoms with van der Waals surface area (Å²) in [6.45, 7) is 0.490. The van der Waals surface area contributed by atoms with Crippen molar-refractivity contribution in [2.45, 2.75) is 11.7 Å². The molecule has 1 aromatic heterocycles. The van der Waals surface area contributed by atoms with Gasteiger partial charge in [0.05, 0.1) is 0 Å². The Morgan fingerprint density at radius 2 is 2.40 bits per heavy atom. The lowest BCUT2D eigenvalue weighted by Gasteiger charge is -2.15. The normalized spacial score (nSPS) is 21.1. The number of thiol groups is 1. The average molecular weight is 289 g/mol. The molecule has 1 aliphatic heterocycles. The zero-order valence-corrected chi connectivity index (χ0v) is 10.2. The first-order chi connectivity index (χ1) is 7.08. The highest BCUT2D eigenvalue weighted by atomic mass is 79.9. The first-order valence-electron chi connectivity index (χ1n) is 4.41. The standard InChI is InChI=1S/C9H9BrN2O2S/c10-5-1-7(13)9(11-3-5)12-4-6(15)2-8(12)14/h1,3,6,13,15H,2,4H2. The van der Waals surface area contributed by atoms with E-state index in [-0.39, 0.29) is 16.9 Å². The smallest absolute Gasteiger partial charge is 0.229 e. The summed E-state index contributed by atoms with van der Waals surface area (Å²) in [5, 5.41) is 9.66. The summed E-state index contributed by atoms with van der Waals surface area (Å²) in [5.41, 5.74) is 0. The first kappa shape index (κ1) is 10.8. The second-order valence-corrected chi connectivity index (χ2v) is 5.00. The van der Waals surface area contributed by atoms with Gasteiger partial charge in [0, 0.05) is 28.9 Å². The summed E-state index contributed by atoms with van der Waals surface area (Å²) in [6.07, 6.45) is 1.94. The second-order valence-electron chi connectivity index (χ2n) is 3.36. The number of hydrogen-bond donors (Lipinski definition) is 2. The van der Waals surface area contributed by atoms with Crippen LogP contribution in [0.2, 0.25) is 0 Å². The highest BCUT2D eigenvalue weighted by molar-refractivity contribution is 9.10. The number of aromatic nitrogens is 1. The van der Waals surface area contributed by atoms with E-state index in [0.29, 0.717) is 23.3 Å². The largest absolute Gasteiger partial charge is 0.504 e. The van der Waals surface area contributed by atoms with Crippen LogP contribution in [0.5, 0.6) is 5.75 Å². The first-order valence-corrected chi connectivity index (χ1v) is 5.72. The predicted molar refractivity (Wildman–Crippen MR) is 63.3 cm³/mol. The Kier molecular flexibility index (Phi) is 2.88. The van der Waals surface area contributed by atoms with Crippen LogP contribution in [0.4, 0.5) is 5.82 Å². The second kappa shape index (κ2) is 4.02. The fraction of sp³-hybridized carbons (Fsp3) is 0.333. The molecule has 6 heteroatoms. The number of pyridine rings is 1. The zero-order chi connectivity index (χ0) is 11.0. The Morgan fingerprint density at radius 1 is 1.67 bits per heavy atom. The predicted octanol–water partition coefficient (Wildman–Crippen LogP) is 1.58. The minimum absolute atomic E-state index is 0.000147. The molecule has 1 N–H and O–H groups in total. The third-order valence-corrected chi connectivity index (χ3v) is 2.95. The summed E-state index contributed by atoms with van der Waals surface area (Å²) in [6, 6.07) is 1.52. The van der Waals surface area contributed by atoms with Gasteiger partial charge < -0.3 is 5.11 Å². The summed E-state index contributed by atoms with van der Waals surface area (Å²) in [7, 11) is 0. The molecule has 1 aromatic rings. The minimum Gasteiger partial charge on any atom is -0.504 e. The topological polar surface area (TPSA) is 53.4 Å². The number of anilines is 1. The van der Waals surface area contributed by atoms with Crippen molar-refractivity contribution in [1.29, 1.82) is 0 Å². The molecule has 0 aliphatic carbocycles. The summed E-state index contributed by atoms with van der Waals surface area (Å²) in [4.78, 5) is 17.0. The third kappa shape index (κ3) is 2.10. The Bertz CT molecular complexity index is 413. The number of carbonyl (C=O) groups is 1. The van der Waals surface area contributed by atoms with Gasteiger partial charge in [-0.05, 0) is 22.0 Å². The van der Waals surface area contributed by atoms with Crippen molar-refractivity contribution in [2.24, 2.45) is 0 Å². The lowest BCUT2D eigenvalue weighted by molar-refractivity contribution is -0.117. The molecule has 1 saturated heterocycles. The fourth-order valence-corrected chi connectivity index (χ4v) is 2.16. The van der Waals surface area contributed by atoms with E-state index >= 15 is 0 Å². The summed E-state index contributed by atoms with van der Waals surface area (Å²) < 4.78 is 0.679. The quantitative estimate of drug-likeness (QED) is 0.772. The van der Waals surface area contributed by atoms with Crippen molar-refractivity contribution in [2.75, 3.05) is 11.4 Å². The number of hydrogen-bond acceptors (Lipinski definition) is 4. The van der Waals surface area contributed by atoms with Gasteiger partial charge in [-0.2, -0.15) is 12.6 Å². The monoisotopic (exact) mass is 288 g/mol. The molecule has 80 valence electrons. The van der Waals surface area contributed by atoms with Crippen molar-refractivity contribution in [3.63, 3.8) is 0 Å². The van der Waals surface area contributed by atoms with Gasteiger partial charge >= 0.3 is 0 Å². The number of rotatable bonds is 1. The minimum atomic E-state index is -0.0554. The molecule has 0 aromatic carbocycles. The van der Waals surface area contributed by atoms with Crippen LogP contribution >= 0.6 is 28.6 Å². The highest BCUT2D eigenvalue weighted by Crippen LogP contribution is 2.31. The number of carbonyl (C=O) groups excluding carboxylic acids is 1. The summed E-state index contributed by atoms with van der Waals surface area (Å²) >= 11 is 7.43. The molecule has 1 aliphatic rings. The lowest BCUT2D eigenvalue weighted by Crippen LogP contribution is -2.25. The highest BCUT2D eigenvalue weighted by Gasteiger charge is 2.30. The average Bonchev–Trinajstić information content (AvgIpc) is 2.45. The van der Waals surface area contributed by atoms with E-state index in [2.05, 4.69) is 33.5 Å². The van der Waals surface area contributed by atoms with Gasteiger partial charge in [-0.1, -0.05) is 0 Å². The van der Waals surface area contributed by atoms with Crippen LogP contribution in [0, 0.1) is 0 Å². The van der Waals surface area contributed by atoms with E-state index in [1.807, 2.05) is 0 Å². The molecule has 1 atom stereocenters. The van der Waals surface area contributed by atoms with Gasteiger partial charge in [0.2, 0.25) is 5.91 Å². The number of nitrogens with zero attached hydrogens (tertiary/aromatic N) is 2. The Balaban J connectivity index is 2.34. The van der Waals surface area contributed by atoms with Gasteiger partial charge in [-0.3, -0.25) is 9.69 Å². The molecule has 2 rings (SSSR count). The van der Waals surface area contributed by atoms with E-state index < -0.39 is 0 Å². The van der Waals surface area contributed by atoms with Crippen molar-refractivity contribution < 1.29 is 9.90 Å². The lowest BCUT2D eigenvalue weighted by atomic mass is 10.4. The van der Waals surface area contributed by atoms with Crippen molar-refractivity contribution in [1.82, 2.24) is 4.98 Å². The van der Waals surface area contributed by atoms with Gasteiger partial charge in [0.15, 0.2) is 11.6 Å². The van der Waals surface area contributed by atoms with Gasteiger partial charge in [-0.25, -0.2) is 4.98 Å². The third-order valence-electron chi connectivity index (χ3n) is 2.17. The van der Waals surface area contributed by atoms with Crippen LogP contribution in [0.15, 0.2) is 16.7 Å². The van der Waals surface area contributed by atoms with E-state index in [9.17, 15) is 9.90 Å². The van der Waals surface area contributed by atoms with Crippen molar-refractivity contribution in [3.8, 4) is 5.75 Å². The molecule has 0 spiro atoms. The van der Waals surface area contributed by atoms with Gasteiger partial charge in [-0.15, -0.1) is 0 Å². The van der Waals surface area contributed by atoms with Crippen LogP contribution in [0.1, 0.15) is 6.42 Å². The van der Waals surface area contributed by atoms with E-state index in [0.717, 1.165) is 0 Å². The van der Waals surface area contributed by atoms with Crippen LogP contribution < -0.4 is 4.90 Å². The maximum atomic E-state index is 11.5. The summed E-state index contributed by atoms with van der Waals surface area (Å²) in [5.74, 6) is 0.250. The molecule has 2 heterocycles. The Labute approximate surface area is 101 Å². The molecule has 1 amide bonds. The molecule has 1 unspecified atom stereocenters. The Hall–Kier alpha value is -0.750. The van der Waals surface area contributed by atoms with Crippen LogP contribution in [-0.4, -0.2) is 27.8 Å². The Morgan fingerprint density at radius 3 is 2.93 bits per heavy atom. The van der Waals surface area contributed by atoms with E-state index in [1.54, 1.807) is 6.20 Å². The maximum Gasteiger partial charge on any atom is 0.229 e. The van der Waals surface area contributed by atoms with Crippen LogP contribution in [0.3, 0.4) is 0 Å². The SMILES string of the molecule is O=C1CC(S)CN1c1ncc(Br)cc1O. The van der Waals surface area contributed by atoms with Crippen LogP contribution in [-0.2, 0) is 4.79 Å². The fourth-order valence-electron chi connectivity index (χ4n) is 1.52. The van der Waals surface area contributed by atoms with Crippen molar-refractivity contribution in [3.05, 3.63) is 16.7 Å². The zero-order valence-electron chi connectivity index (χ0n) is 7.72.